The summed E-state index contributed by atoms with van der Waals surface area (Å²) in [6, 6.07) is 14.4. The van der Waals surface area contributed by atoms with Gasteiger partial charge in [0.2, 0.25) is 0 Å². The Hall–Kier alpha value is -2.37. The molecule has 2 aromatic carbocycles. The van der Waals surface area contributed by atoms with Crippen molar-refractivity contribution in [2.45, 2.75) is 23.1 Å². The van der Waals surface area contributed by atoms with Gasteiger partial charge in [-0.1, -0.05) is 33.8 Å². The van der Waals surface area contributed by atoms with Gasteiger partial charge in [-0.25, -0.2) is 0 Å². The highest BCUT2D eigenvalue weighted by Gasteiger charge is 2.22. The molecule has 0 saturated heterocycles. The lowest BCUT2D eigenvalue weighted by molar-refractivity contribution is 0.990. The molecule has 0 bridgehead atoms. The molecule has 0 amide bonds. The van der Waals surface area contributed by atoms with Crippen molar-refractivity contribution in [3.05, 3.63) is 92.4 Å². The third-order valence-electron chi connectivity index (χ3n) is 4.80. The monoisotopic (exact) mass is 434 g/mol. The number of aromatic nitrogens is 2. The Morgan fingerprint density at radius 2 is 2.04 bits per heavy atom. The Balaban J connectivity index is 1.83. The van der Waals surface area contributed by atoms with E-state index in [1.165, 1.54) is 4.90 Å². The van der Waals surface area contributed by atoms with E-state index in [4.69, 9.17) is 0 Å². The number of hydrogen-bond acceptors (Lipinski definition) is 3. The topological polar surface area (TPSA) is 34.9 Å². The van der Waals surface area contributed by atoms with E-state index in [0.29, 0.717) is 6.42 Å². The largest absolute Gasteiger partial charge is 0.314 e. The van der Waals surface area contributed by atoms with Gasteiger partial charge in [-0.15, -0.1) is 0 Å². The van der Waals surface area contributed by atoms with Crippen LogP contribution in [0.15, 0.2) is 80.1 Å². The fourth-order valence-electron chi connectivity index (χ4n) is 3.62. The van der Waals surface area contributed by atoms with Gasteiger partial charge in [-0.3, -0.25) is 9.78 Å². The van der Waals surface area contributed by atoms with Crippen molar-refractivity contribution in [3.8, 4) is 5.69 Å². The van der Waals surface area contributed by atoms with Crippen LogP contribution in [0.4, 0.5) is 0 Å². The number of hydrogen-bond donors (Lipinski definition) is 0. The Kier molecular flexibility index (Phi) is 3.95. The number of fused-ring (bicyclic) bond motifs is 2. The maximum Gasteiger partial charge on any atom is 0.192 e. The minimum Gasteiger partial charge on any atom is -0.314 e. The van der Waals surface area contributed by atoms with Crippen LogP contribution >= 0.6 is 27.7 Å². The number of aryl methyl sites for hydroxylation is 1. The van der Waals surface area contributed by atoms with E-state index in [-0.39, 0.29) is 5.43 Å². The molecule has 0 saturated carbocycles. The zero-order valence-electron chi connectivity index (χ0n) is 14.6. The van der Waals surface area contributed by atoms with Crippen LogP contribution in [0.25, 0.3) is 16.6 Å². The van der Waals surface area contributed by atoms with E-state index < -0.39 is 0 Å². The summed E-state index contributed by atoms with van der Waals surface area (Å²) in [7, 11) is 0. The first-order valence-electron chi connectivity index (χ1n) is 8.66. The number of halogens is 1. The summed E-state index contributed by atoms with van der Waals surface area (Å²) in [5.41, 5.74) is 5.13. The molecule has 3 nitrogen and oxygen atoms in total. The molecule has 4 aromatic rings. The summed E-state index contributed by atoms with van der Waals surface area (Å²) in [6.45, 7) is 2.05. The normalized spacial score (nSPS) is 12.2. The van der Waals surface area contributed by atoms with Crippen LogP contribution < -0.4 is 5.43 Å². The van der Waals surface area contributed by atoms with Crippen molar-refractivity contribution in [1.82, 2.24) is 9.55 Å². The summed E-state index contributed by atoms with van der Waals surface area (Å²) in [5, 5.41) is 0.782. The Bertz CT molecular complexity index is 1270. The summed E-state index contributed by atoms with van der Waals surface area (Å²) in [6.07, 6.45) is 6.15. The molecule has 0 atom stereocenters. The van der Waals surface area contributed by atoms with Crippen molar-refractivity contribution >= 4 is 38.6 Å². The first-order valence-corrected chi connectivity index (χ1v) is 10.3. The molecule has 0 N–H and O–H groups in total. The van der Waals surface area contributed by atoms with Gasteiger partial charge in [-0.2, -0.15) is 0 Å². The predicted molar refractivity (Wildman–Crippen MR) is 113 cm³/mol. The van der Waals surface area contributed by atoms with E-state index >= 15 is 0 Å². The smallest absolute Gasteiger partial charge is 0.192 e. The summed E-state index contributed by atoms with van der Waals surface area (Å²) in [5.74, 6) is 0. The van der Waals surface area contributed by atoms with Gasteiger partial charge < -0.3 is 4.57 Å². The van der Waals surface area contributed by atoms with Crippen LogP contribution in [0.3, 0.4) is 0 Å². The van der Waals surface area contributed by atoms with Gasteiger partial charge in [0.1, 0.15) is 0 Å². The van der Waals surface area contributed by atoms with E-state index in [1.54, 1.807) is 18.0 Å². The molecular weight excluding hydrogens is 420 g/mol. The second-order valence-corrected chi connectivity index (χ2v) is 8.76. The number of rotatable bonds is 2. The van der Waals surface area contributed by atoms with Gasteiger partial charge >= 0.3 is 0 Å². The van der Waals surface area contributed by atoms with E-state index in [0.717, 1.165) is 42.6 Å². The van der Waals surface area contributed by atoms with Crippen LogP contribution in [-0.2, 0) is 6.42 Å². The number of nitrogens with zero attached hydrogens (tertiary/aromatic N) is 2. The third kappa shape index (κ3) is 2.82. The summed E-state index contributed by atoms with van der Waals surface area (Å²) in [4.78, 5) is 19.8. The second kappa shape index (κ2) is 6.36. The van der Waals surface area contributed by atoms with Gasteiger partial charge in [0.25, 0.3) is 0 Å². The summed E-state index contributed by atoms with van der Waals surface area (Å²) < 4.78 is 3.20. The van der Waals surface area contributed by atoms with Crippen molar-refractivity contribution < 1.29 is 0 Å². The maximum atomic E-state index is 13.3. The van der Waals surface area contributed by atoms with E-state index in [1.807, 2.05) is 37.5 Å². The molecule has 3 heterocycles. The highest BCUT2D eigenvalue weighted by molar-refractivity contribution is 9.10. The summed E-state index contributed by atoms with van der Waals surface area (Å²) >= 11 is 5.31. The third-order valence-corrected chi connectivity index (χ3v) is 6.39. The van der Waals surface area contributed by atoms with Crippen molar-refractivity contribution in [3.63, 3.8) is 0 Å². The Morgan fingerprint density at radius 3 is 2.85 bits per heavy atom. The number of benzene rings is 2. The van der Waals surface area contributed by atoms with E-state index in [9.17, 15) is 4.79 Å². The zero-order chi connectivity index (χ0) is 18.5. The van der Waals surface area contributed by atoms with Crippen LogP contribution in [-0.4, -0.2) is 9.55 Å². The molecule has 0 aliphatic carbocycles. The van der Waals surface area contributed by atoms with Crippen LogP contribution in [0.1, 0.15) is 16.7 Å². The fraction of sp³-hybridized carbons (Fsp3) is 0.0909. The molecule has 2 aromatic heterocycles. The minimum absolute atomic E-state index is 0.106. The molecule has 0 spiro atoms. The SMILES string of the molecule is Cc1cc2c3c(c1)c(=O)c(Cc1cccnc1)cn3-c1cc(Br)ccc1S2. The number of pyridine rings is 2. The van der Waals surface area contributed by atoms with Crippen molar-refractivity contribution in [1.29, 1.82) is 0 Å². The second-order valence-electron chi connectivity index (χ2n) is 6.76. The average Bonchev–Trinajstić information content (AvgIpc) is 2.66. The van der Waals surface area contributed by atoms with Gasteiger partial charge in [0, 0.05) is 50.2 Å². The maximum absolute atomic E-state index is 13.3. The first kappa shape index (κ1) is 16.8. The molecule has 132 valence electrons. The molecular formula is C22H15BrN2OS. The van der Waals surface area contributed by atoms with Crippen molar-refractivity contribution in [2.24, 2.45) is 0 Å². The van der Waals surface area contributed by atoms with Crippen LogP contribution in [0, 0.1) is 6.92 Å². The Labute approximate surface area is 169 Å². The highest BCUT2D eigenvalue weighted by Crippen LogP contribution is 2.43. The molecule has 5 heteroatoms. The fourth-order valence-corrected chi connectivity index (χ4v) is 5.15. The first-order chi connectivity index (χ1) is 13.1. The lowest BCUT2D eigenvalue weighted by Gasteiger charge is -2.24. The quantitative estimate of drug-likeness (QED) is 0.367. The lowest BCUT2D eigenvalue weighted by Crippen LogP contribution is -2.17. The van der Waals surface area contributed by atoms with Gasteiger partial charge in [0.05, 0.1) is 11.2 Å². The predicted octanol–water partition coefficient (Wildman–Crippen LogP) is 5.51. The zero-order valence-corrected chi connectivity index (χ0v) is 17.0. The highest BCUT2D eigenvalue weighted by atomic mass is 79.9. The van der Waals surface area contributed by atoms with Crippen LogP contribution in [0.5, 0.6) is 0 Å². The molecule has 0 fully saturated rings. The molecule has 0 radical (unpaired) electrons. The molecule has 0 unspecified atom stereocenters. The lowest BCUT2D eigenvalue weighted by atomic mass is 10.0. The average molecular weight is 435 g/mol. The van der Waals surface area contributed by atoms with E-state index in [2.05, 4.69) is 49.7 Å². The minimum atomic E-state index is 0.106. The molecule has 27 heavy (non-hydrogen) atoms. The molecule has 1 aliphatic heterocycles. The van der Waals surface area contributed by atoms with Gasteiger partial charge in [-0.05, 0) is 54.4 Å². The standard InChI is InChI=1S/C22H15BrN2OS/c1-13-7-17-21-20(8-13)27-19-5-4-16(23)10-18(19)25(21)12-15(22(17)26)9-14-3-2-6-24-11-14/h2-8,10-12H,9H2,1H3. The Morgan fingerprint density at radius 1 is 1.15 bits per heavy atom. The van der Waals surface area contributed by atoms with Crippen molar-refractivity contribution in [2.75, 3.05) is 0 Å². The molecule has 1 aliphatic rings. The van der Waals surface area contributed by atoms with Crippen LogP contribution in [0.2, 0.25) is 0 Å². The molecule has 5 rings (SSSR count). The van der Waals surface area contributed by atoms with Gasteiger partial charge in [0.15, 0.2) is 5.43 Å².